The molecular formula is C20H23F2N3O. The van der Waals surface area contributed by atoms with Gasteiger partial charge in [0.2, 0.25) is 0 Å². The van der Waals surface area contributed by atoms with Crippen molar-refractivity contribution in [2.24, 2.45) is 0 Å². The molecule has 4 nitrogen and oxygen atoms in total. The van der Waals surface area contributed by atoms with Crippen molar-refractivity contribution in [3.63, 3.8) is 0 Å². The van der Waals surface area contributed by atoms with Gasteiger partial charge >= 0.3 is 0 Å². The third-order valence-electron chi connectivity index (χ3n) is 4.79. The topological polar surface area (TPSA) is 63.9 Å². The predicted octanol–water partition coefficient (Wildman–Crippen LogP) is 4.46. The number of ether oxygens (including phenoxy) is 1. The van der Waals surface area contributed by atoms with E-state index in [9.17, 15) is 8.78 Å². The second-order valence-electron chi connectivity index (χ2n) is 6.48. The van der Waals surface area contributed by atoms with Crippen LogP contribution in [0.1, 0.15) is 29.4 Å². The maximum absolute atomic E-state index is 14.6. The number of nitrogens with one attached hydrogen (secondary N) is 1. The Labute approximate surface area is 151 Å². The molecule has 6 heteroatoms. The Kier molecular flexibility index (Phi) is 4.96. The summed E-state index contributed by atoms with van der Waals surface area (Å²) in [5.41, 5.74) is 11.0. The maximum atomic E-state index is 14.6. The summed E-state index contributed by atoms with van der Waals surface area (Å²) in [6.07, 6.45) is 1.23. The lowest BCUT2D eigenvalue weighted by Crippen LogP contribution is -2.02. The van der Waals surface area contributed by atoms with Crippen molar-refractivity contribution in [2.45, 2.75) is 33.6 Å². The van der Waals surface area contributed by atoms with E-state index in [1.165, 1.54) is 6.07 Å². The van der Waals surface area contributed by atoms with Gasteiger partial charge < -0.3 is 15.5 Å². The molecule has 26 heavy (non-hydrogen) atoms. The molecule has 0 aliphatic rings. The van der Waals surface area contributed by atoms with Gasteiger partial charge in [0.1, 0.15) is 5.82 Å². The lowest BCUT2D eigenvalue weighted by Gasteiger charge is -2.14. The van der Waals surface area contributed by atoms with Gasteiger partial charge in [-0.15, -0.1) is 0 Å². The molecule has 0 spiro atoms. The third kappa shape index (κ3) is 2.94. The Morgan fingerprint density at radius 1 is 1.23 bits per heavy atom. The lowest BCUT2D eigenvalue weighted by molar-refractivity contribution is 0.201. The predicted molar refractivity (Wildman–Crippen MR) is 100 cm³/mol. The van der Waals surface area contributed by atoms with Gasteiger partial charge in [-0.05, 0) is 43.5 Å². The normalized spacial score (nSPS) is 11.5. The number of halogens is 2. The zero-order valence-electron chi connectivity index (χ0n) is 15.5. The molecule has 0 unspecified atom stereocenters. The quantitative estimate of drug-likeness (QED) is 0.707. The van der Waals surface area contributed by atoms with Gasteiger partial charge in [-0.1, -0.05) is 6.92 Å². The second kappa shape index (κ2) is 7.03. The number of benzene rings is 1. The van der Waals surface area contributed by atoms with E-state index in [1.807, 2.05) is 13.8 Å². The molecule has 0 aliphatic heterocycles. The number of nitrogen functional groups attached to an aromatic ring is 1. The molecule has 2 heterocycles. The van der Waals surface area contributed by atoms with Crippen molar-refractivity contribution >= 4 is 16.7 Å². The molecule has 0 saturated heterocycles. The standard InChI is InChI=1S/C20H23F2N3O/c1-5-14-17(10(2)8-16(23)24-14)12-9-13(21)19(22)18-11(3)15(6-7-26-4)25-20(12)18/h8-9,25H,5-7H2,1-4H3,(H2,23,24). The molecule has 3 N–H and O–H groups in total. The van der Waals surface area contributed by atoms with Crippen LogP contribution in [0.5, 0.6) is 0 Å². The van der Waals surface area contributed by atoms with Crippen LogP contribution >= 0.6 is 0 Å². The number of fused-ring (bicyclic) bond motifs is 1. The number of hydrogen-bond donors (Lipinski definition) is 2. The monoisotopic (exact) mass is 359 g/mol. The molecule has 2 aromatic heterocycles. The highest BCUT2D eigenvalue weighted by Crippen LogP contribution is 2.38. The first-order valence-corrected chi connectivity index (χ1v) is 8.63. The molecular weight excluding hydrogens is 336 g/mol. The van der Waals surface area contributed by atoms with Crippen LogP contribution in [0.15, 0.2) is 12.1 Å². The molecule has 138 valence electrons. The van der Waals surface area contributed by atoms with E-state index in [0.717, 1.165) is 22.5 Å². The van der Waals surface area contributed by atoms with Crippen LogP contribution in [-0.2, 0) is 17.6 Å². The zero-order chi connectivity index (χ0) is 19.0. The van der Waals surface area contributed by atoms with Gasteiger partial charge in [-0.2, -0.15) is 0 Å². The molecule has 0 atom stereocenters. The van der Waals surface area contributed by atoms with Crippen LogP contribution in [0.25, 0.3) is 22.0 Å². The highest BCUT2D eigenvalue weighted by atomic mass is 19.2. The van der Waals surface area contributed by atoms with Gasteiger partial charge in [0.25, 0.3) is 0 Å². The molecule has 3 rings (SSSR count). The third-order valence-corrected chi connectivity index (χ3v) is 4.79. The van der Waals surface area contributed by atoms with Crippen molar-refractivity contribution in [1.29, 1.82) is 0 Å². The highest BCUT2D eigenvalue weighted by molar-refractivity contribution is 5.98. The van der Waals surface area contributed by atoms with Gasteiger partial charge in [-0.3, -0.25) is 0 Å². The molecule has 0 saturated carbocycles. The summed E-state index contributed by atoms with van der Waals surface area (Å²) in [6.45, 7) is 6.16. The fourth-order valence-corrected chi connectivity index (χ4v) is 3.54. The van der Waals surface area contributed by atoms with E-state index in [2.05, 4.69) is 9.97 Å². The fraction of sp³-hybridized carbons (Fsp3) is 0.350. The van der Waals surface area contributed by atoms with E-state index >= 15 is 0 Å². The number of aryl methyl sites for hydroxylation is 3. The minimum Gasteiger partial charge on any atom is -0.384 e. The van der Waals surface area contributed by atoms with Gasteiger partial charge in [0, 0.05) is 35.7 Å². The summed E-state index contributed by atoms with van der Waals surface area (Å²) >= 11 is 0. The van der Waals surface area contributed by atoms with Crippen LogP contribution < -0.4 is 5.73 Å². The summed E-state index contributed by atoms with van der Waals surface area (Å²) in [5, 5.41) is 0.282. The van der Waals surface area contributed by atoms with Crippen LogP contribution in [0, 0.1) is 25.5 Å². The minimum absolute atomic E-state index is 0.282. The zero-order valence-corrected chi connectivity index (χ0v) is 15.5. The summed E-state index contributed by atoms with van der Waals surface area (Å²) in [7, 11) is 1.61. The Balaban J connectivity index is 2.36. The highest BCUT2D eigenvalue weighted by Gasteiger charge is 2.22. The number of pyridine rings is 1. The first kappa shape index (κ1) is 18.3. The average Bonchev–Trinajstić information content (AvgIpc) is 2.93. The van der Waals surface area contributed by atoms with Crippen molar-refractivity contribution in [2.75, 3.05) is 19.5 Å². The second-order valence-corrected chi connectivity index (χ2v) is 6.48. The van der Waals surface area contributed by atoms with Crippen LogP contribution in [-0.4, -0.2) is 23.7 Å². The summed E-state index contributed by atoms with van der Waals surface area (Å²) in [5.74, 6) is -1.28. The number of aromatic amines is 1. The molecule has 0 aliphatic carbocycles. The van der Waals surface area contributed by atoms with Crippen LogP contribution in [0.2, 0.25) is 0 Å². The first-order valence-electron chi connectivity index (χ1n) is 8.63. The van der Waals surface area contributed by atoms with E-state index in [0.29, 0.717) is 41.9 Å². The van der Waals surface area contributed by atoms with E-state index in [-0.39, 0.29) is 5.39 Å². The Bertz CT molecular complexity index is 979. The number of rotatable bonds is 5. The van der Waals surface area contributed by atoms with E-state index < -0.39 is 11.6 Å². The maximum Gasteiger partial charge on any atom is 0.168 e. The number of anilines is 1. The number of hydrogen-bond acceptors (Lipinski definition) is 3. The number of nitrogens with two attached hydrogens (primary N) is 1. The molecule has 0 radical (unpaired) electrons. The minimum atomic E-state index is -0.869. The number of nitrogens with zero attached hydrogens (tertiary/aromatic N) is 1. The molecule has 0 bridgehead atoms. The van der Waals surface area contributed by atoms with Crippen LogP contribution in [0.3, 0.4) is 0 Å². The fourth-order valence-electron chi connectivity index (χ4n) is 3.54. The summed E-state index contributed by atoms with van der Waals surface area (Å²) in [6, 6.07) is 3.00. The van der Waals surface area contributed by atoms with Crippen molar-refractivity contribution < 1.29 is 13.5 Å². The Morgan fingerprint density at radius 2 is 1.96 bits per heavy atom. The first-order chi connectivity index (χ1) is 12.4. The van der Waals surface area contributed by atoms with Gasteiger partial charge in [0.05, 0.1) is 17.8 Å². The summed E-state index contributed by atoms with van der Waals surface area (Å²) < 4.78 is 34.1. The Morgan fingerprint density at radius 3 is 2.62 bits per heavy atom. The number of H-pyrrole nitrogens is 1. The van der Waals surface area contributed by atoms with Gasteiger partial charge in [0.15, 0.2) is 11.6 Å². The van der Waals surface area contributed by atoms with E-state index in [1.54, 1.807) is 20.1 Å². The summed E-state index contributed by atoms with van der Waals surface area (Å²) in [4.78, 5) is 7.68. The lowest BCUT2D eigenvalue weighted by atomic mass is 9.95. The smallest absolute Gasteiger partial charge is 0.168 e. The molecule has 0 amide bonds. The molecule has 1 aromatic carbocycles. The Hall–Kier alpha value is -2.47. The SMILES string of the molecule is CCc1nc(N)cc(C)c1-c1cc(F)c(F)c2c(C)c(CCOC)[nH]c12. The van der Waals surface area contributed by atoms with Crippen molar-refractivity contribution in [3.8, 4) is 11.1 Å². The average molecular weight is 359 g/mol. The van der Waals surface area contributed by atoms with Crippen LogP contribution in [0.4, 0.5) is 14.6 Å². The number of methoxy groups -OCH3 is 1. The van der Waals surface area contributed by atoms with E-state index in [4.69, 9.17) is 10.5 Å². The molecule has 0 fully saturated rings. The van der Waals surface area contributed by atoms with Gasteiger partial charge in [-0.25, -0.2) is 13.8 Å². The van der Waals surface area contributed by atoms with Crippen molar-refractivity contribution in [3.05, 3.63) is 46.3 Å². The van der Waals surface area contributed by atoms with Crippen molar-refractivity contribution in [1.82, 2.24) is 9.97 Å². The largest absolute Gasteiger partial charge is 0.384 e. The molecule has 3 aromatic rings. The number of aromatic nitrogens is 2.